The molecule has 0 saturated heterocycles. The number of hydrogen-bond acceptors (Lipinski definition) is 6. The predicted molar refractivity (Wildman–Crippen MR) is 93.7 cm³/mol. The Morgan fingerprint density at radius 2 is 1.84 bits per heavy atom. The van der Waals surface area contributed by atoms with E-state index in [1.165, 1.54) is 26.4 Å². The minimum absolute atomic E-state index is 0.0135. The summed E-state index contributed by atoms with van der Waals surface area (Å²) in [6.45, 7) is 0.596. The van der Waals surface area contributed by atoms with Gasteiger partial charge in [-0.3, -0.25) is 15.0 Å². The summed E-state index contributed by atoms with van der Waals surface area (Å²) < 4.78 is 10.1. The standard InChI is InChI=1S/C16H24N4O5/c1-24-12-9-11(10-13(25-2)15(12)22)5-6-14(21)20(23)8-4-3-7-19-16(17)18/h5-6,9-10,22-23H,3-4,7-8H2,1-2H3,(H4,17,18,19)/b6-5+. The van der Waals surface area contributed by atoms with Crippen molar-refractivity contribution in [3.8, 4) is 17.2 Å². The molecule has 9 heteroatoms. The van der Waals surface area contributed by atoms with Crippen LogP contribution >= 0.6 is 0 Å². The number of phenolic OH excluding ortho intramolecular Hbond substituents is 1. The van der Waals surface area contributed by atoms with Gasteiger partial charge in [0.1, 0.15) is 0 Å². The second-order valence-corrected chi connectivity index (χ2v) is 5.08. The molecule has 138 valence electrons. The number of guanidine groups is 1. The van der Waals surface area contributed by atoms with Crippen LogP contribution in [0, 0.1) is 0 Å². The zero-order chi connectivity index (χ0) is 18.8. The van der Waals surface area contributed by atoms with Gasteiger partial charge in [-0.1, -0.05) is 0 Å². The summed E-state index contributed by atoms with van der Waals surface area (Å²) in [5.41, 5.74) is 11.0. The number of nitrogens with two attached hydrogens (primary N) is 2. The highest BCUT2D eigenvalue weighted by atomic mass is 16.5. The Labute approximate surface area is 146 Å². The average Bonchev–Trinajstić information content (AvgIpc) is 2.59. The molecule has 1 aromatic carbocycles. The first-order valence-electron chi connectivity index (χ1n) is 7.57. The van der Waals surface area contributed by atoms with Crippen molar-refractivity contribution >= 4 is 17.9 Å². The number of carbonyl (C=O) groups is 1. The maximum absolute atomic E-state index is 11.9. The van der Waals surface area contributed by atoms with E-state index in [0.717, 1.165) is 0 Å². The molecule has 0 fully saturated rings. The topological polar surface area (TPSA) is 144 Å². The maximum Gasteiger partial charge on any atom is 0.269 e. The Morgan fingerprint density at radius 3 is 2.36 bits per heavy atom. The van der Waals surface area contributed by atoms with E-state index in [-0.39, 0.29) is 29.8 Å². The maximum atomic E-state index is 11.9. The van der Waals surface area contributed by atoms with Crippen LogP contribution in [-0.2, 0) is 4.79 Å². The molecular formula is C16H24N4O5. The van der Waals surface area contributed by atoms with Gasteiger partial charge in [0.15, 0.2) is 17.5 Å². The van der Waals surface area contributed by atoms with Gasteiger partial charge in [-0.25, -0.2) is 5.06 Å². The quantitative estimate of drug-likeness (QED) is 0.128. The number of aliphatic imine (C=N–C) groups is 1. The van der Waals surface area contributed by atoms with Crippen LogP contribution in [0.1, 0.15) is 18.4 Å². The molecule has 1 aromatic rings. The van der Waals surface area contributed by atoms with Crippen LogP contribution in [0.5, 0.6) is 17.2 Å². The van der Waals surface area contributed by atoms with Crippen LogP contribution in [0.3, 0.4) is 0 Å². The fourth-order valence-corrected chi connectivity index (χ4v) is 1.96. The summed E-state index contributed by atoms with van der Waals surface area (Å²) in [4.78, 5) is 15.7. The minimum atomic E-state index is -0.576. The largest absolute Gasteiger partial charge is 0.502 e. The Kier molecular flexibility index (Phi) is 8.07. The highest BCUT2D eigenvalue weighted by Crippen LogP contribution is 2.37. The Balaban J connectivity index is 2.62. The van der Waals surface area contributed by atoms with Crippen molar-refractivity contribution < 1.29 is 24.6 Å². The number of ether oxygens (including phenoxy) is 2. The Bertz CT molecular complexity index is 616. The van der Waals surface area contributed by atoms with Crippen LogP contribution in [0.2, 0.25) is 0 Å². The summed E-state index contributed by atoms with van der Waals surface area (Å²) in [5, 5.41) is 20.2. The van der Waals surface area contributed by atoms with E-state index < -0.39 is 5.91 Å². The van der Waals surface area contributed by atoms with Gasteiger partial charge in [0.25, 0.3) is 5.91 Å². The van der Waals surface area contributed by atoms with Gasteiger partial charge in [0, 0.05) is 19.2 Å². The van der Waals surface area contributed by atoms with Crippen LogP contribution in [0.4, 0.5) is 0 Å². The summed E-state index contributed by atoms with van der Waals surface area (Å²) in [7, 11) is 2.82. The molecule has 1 amide bonds. The van der Waals surface area contributed by atoms with Gasteiger partial charge in [-0.05, 0) is 36.6 Å². The average molecular weight is 352 g/mol. The highest BCUT2D eigenvalue weighted by Gasteiger charge is 2.11. The van der Waals surface area contributed by atoms with Crippen LogP contribution in [0.25, 0.3) is 6.08 Å². The molecule has 0 aliphatic rings. The zero-order valence-corrected chi connectivity index (χ0v) is 14.3. The molecule has 0 bridgehead atoms. The monoisotopic (exact) mass is 352 g/mol. The third kappa shape index (κ3) is 6.60. The van der Waals surface area contributed by atoms with Crippen molar-refractivity contribution in [2.75, 3.05) is 27.3 Å². The normalized spacial score (nSPS) is 10.5. The van der Waals surface area contributed by atoms with Gasteiger partial charge < -0.3 is 26.0 Å². The van der Waals surface area contributed by atoms with E-state index in [9.17, 15) is 15.1 Å². The van der Waals surface area contributed by atoms with Crippen LogP contribution < -0.4 is 20.9 Å². The second-order valence-electron chi connectivity index (χ2n) is 5.08. The van der Waals surface area contributed by atoms with Gasteiger partial charge in [0.2, 0.25) is 5.75 Å². The fourth-order valence-electron chi connectivity index (χ4n) is 1.96. The van der Waals surface area contributed by atoms with Crippen molar-refractivity contribution in [3.63, 3.8) is 0 Å². The van der Waals surface area contributed by atoms with Crippen LogP contribution in [-0.4, -0.2) is 54.6 Å². The third-order valence-corrected chi connectivity index (χ3v) is 3.25. The molecule has 0 atom stereocenters. The number of benzene rings is 1. The number of rotatable bonds is 9. The zero-order valence-electron chi connectivity index (χ0n) is 14.3. The SMILES string of the molecule is COc1cc(/C=C/C(=O)N(O)CCCCN=C(N)N)cc(OC)c1O. The predicted octanol–water partition coefficient (Wildman–Crippen LogP) is 0.694. The van der Waals surface area contributed by atoms with E-state index in [0.29, 0.717) is 30.0 Å². The number of hydroxylamine groups is 2. The molecule has 1 rings (SSSR count). The van der Waals surface area contributed by atoms with Crippen molar-refractivity contribution in [2.24, 2.45) is 16.5 Å². The number of phenols is 1. The first-order chi connectivity index (χ1) is 11.9. The lowest BCUT2D eigenvalue weighted by molar-refractivity contribution is -0.159. The molecular weight excluding hydrogens is 328 g/mol. The van der Waals surface area contributed by atoms with E-state index in [1.807, 2.05) is 0 Å². The van der Waals surface area contributed by atoms with Crippen molar-refractivity contribution in [1.29, 1.82) is 0 Å². The number of amides is 1. The molecule has 0 radical (unpaired) electrons. The number of nitrogens with zero attached hydrogens (tertiary/aromatic N) is 2. The molecule has 0 unspecified atom stereocenters. The fraction of sp³-hybridized carbons (Fsp3) is 0.375. The van der Waals surface area contributed by atoms with E-state index in [1.54, 1.807) is 12.1 Å². The Hall–Kier alpha value is -2.94. The number of unbranched alkanes of at least 4 members (excludes halogenated alkanes) is 1. The van der Waals surface area contributed by atoms with Crippen LogP contribution in [0.15, 0.2) is 23.2 Å². The van der Waals surface area contributed by atoms with E-state index in [2.05, 4.69) is 4.99 Å². The molecule has 0 spiro atoms. The van der Waals surface area contributed by atoms with E-state index >= 15 is 0 Å². The van der Waals surface area contributed by atoms with Gasteiger partial charge in [-0.2, -0.15) is 0 Å². The van der Waals surface area contributed by atoms with Crippen molar-refractivity contribution in [1.82, 2.24) is 5.06 Å². The molecule has 0 aromatic heterocycles. The number of methoxy groups -OCH3 is 2. The summed E-state index contributed by atoms with van der Waals surface area (Å²) in [5.74, 6) is -0.260. The first-order valence-corrected chi connectivity index (χ1v) is 7.57. The smallest absolute Gasteiger partial charge is 0.269 e. The first kappa shape index (κ1) is 20.1. The van der Waals surface area contributed by atoms with Gasteiger partial charge in [-0.15, -0.1) is 0 Å². The Morgan fingerprint density at radius 1 is 1.24 bits per heavy atom. The molecule has 0 aliphatic carbocycles. The lowest BCUT2D eigenvalue weighted by atomic mass is 10.1. The lowest BCUT2D eigenvalue weighted by Gasteiger charge is -2.12. The third-order valence-electron chi connectivity index (χ3n) is 3.25. The molecule has 6 N–H and O–H groups in total. The highest BCUT2D eigenvalue weighted by molar-refractivity contribution is 5.91. The molecule has 25 heavy (non-hydrogen) atoms. The van der Waals surface area contributed by atoms with E-state index in [4.69, 9.17) is 20.9 Å². The van der Waals surface area contributed by atoms with Gasteiger partial charge >= 0.3 is 0 Å². The number of hydrogen-bond donors (Lipinski definition) is 4. The molecule has 0 saturated carbocycles. The van der Waals surface area contributed by atoms with Gasteiger partial charge in [0.05, 0.1) is 14.2 Å². The number of carbonyl (C=O) groups excluding carboxylic acids is 1. The van der Waals surface area contributed by atoms with Crippen molar-refractivity contribution in [3.05, 3.63) is 23.8 Å². The molecule has 0 heterocycles. The molecule has 0 aliphatic heterocycles. The second kappa shape index (κ2) is 10.0. The summed E-state index contributed by atoms with van der Waals surface area (Å²) in [6.07, 6.45) is 3.88. The minimum Gasteiger partial charge on any atom is -0.502 e. The summed E-state index contributed by atoms with van der Waals surface area (Å²) in [6, 6.07) is 3.08. The van der Waals surface area contributed by atoms with Crippen molar-refractivity contribution in [2.45, 2.75) is 12.8 Å². The lowest BCUT2D eigenvalue weighted by Crippen LogP contribution is -2.27. The molecule has 9 nitrogen and oxygen atoms in total. The number of aromatic hydroxyl groups is 1. The summed E-state index contributed by atoms with van der Waals surface area (Å²) >= 11 is 0.